The third-order valence-electron chi connectivity index (χ3n) is 4.18. The Labute approximate surface area is 159 Å². The second-order valence-corrected chi connectivity index (χ2v) is 6.14. The lowest BCUT2D eigenvalue weighted by Gasteiger charge is -2.32. The molecule has 2 aromatic heterocycles. The number of aromatic nitrogens is 3. The Hall–Kier alpha value is -3.47. The lowest BCUT2D eigenvalue weighted by atomic mass is 10.00. The normalized spacial score (nSPS) is 19.9. The molecule has 0 aromatic carbocycles. The number of halogens is 1. The molecule has 2 aromatic rings. The Morgan fingerprint density at radius 1 is 1.46 bits per heavy atom. The number of H-pyrrole nitrogens is 1. The van der Waals surface area contributed by atoms with Crippen LogP contribution in [0.3, 0.4) is 0 Å². The molecule has 1 aliphatic rings. The first-order valence-corrected chi connectivity index (χ1v) is 8.54. The summed E-state index contributed by atoms with van der Waals surface area (Å²) in [6, 6.07) is 4.05. The zero-order valence-corrected chi connectivity index (χ0v) is 15.3. The van der Waals surface area contributed by atoms with Gasteiger partial charge < -0.3 is 15.4 Å². The van der Waals surface area contributed by atoms with Crippen molar-refractivity contribution in [2.45, 2.75) is 25.6 Å². The molecule has 0 bridgehead atoms. The van der Waals surface area contributed by atoms with E-state index in [1.54, 1.807) is 13.0 Å². The molecular weight excluding hydrogens is 369 g/mol. The fourth-order valence-electron chi connectivity index (χ4n) is 2.78. The van der Waals surface area contributed by atoms with E-state index in [9.17, 15) is 14.5 Å². The van der Waals surface area contributed by atoms with Crippen LogP contribution in [0.5, 0.6) is 5.88 Å². The van der Waals surface area contributed by atoms with Crippen LogP contribution in [-0.2, 0) is 5.66 Å². The van der Waals surface area contributed by atoms with Crippen LogP contribution in [0.2, 0.25) is 0 Å². The summed E-state index contributed by atoms with van der Waals surface area (Å²) < 4.78 is 18.4. The Morgan fingerprint density at radius 2 is 2.25 bits per heavy atom. The molecule has 28 heavy (non-hydrogen) atoms. The van der Waals surface area contributed by atoms with Crippen molar-refractivity contribution in [1.29, 1.82) is 0 Å². The van der Waals surface area contributed by atoms with E-state index in [1.165, 1.54) is 24.3 Å². The molecule has 0 saturated heterocycles. The summed E-state index contributed by atoms with van der Waals surface area (Å²) in [5.41, 5.74) is 5.29. The molecule has 5 N–H and O–H groups in total. The van der Waals surface area contributed by atoms with Crippen molar-refractivity contribution in [2.75, 3.05) is 6.61 Å². The number of hydrogen-bond donors (Lipinski definition) is 4. The molecule has 0 radical (unpaired) electrons. The number of ether oxygens (including phenoxy) is 1. The number of nitrogens with two attached hydrogens (primary N) is 1. The van der Waals surface area contributed by atoms with Crippen LogP contribution >= 0.6 is 0 Å². The Balaban J connectivity index is 1.86. The van der Waals surface area contributed by atoms with E-state index >= 15 is 0 Å². The molecule has 3 rings (SSSR count). The molecule has 0 spiro atoms. The van der Waals surface area contributed by atoms with Crippen molar-refractivity contribution in [3.05, 3.63) is 75.4 Å². The van der Waals surface area contributed by atoms with E-state index in [1.807, 2.05) is 6.92 Å². The van der Waals surface area contributed by atoms with Crippen LogP contribution in [0.15, 0.2) is 48.1 Å². The molecule has 10 nitrogen and oxygen atoms in total. The van der Waals surface area contributed by atoms with Crippen LogP contribution in [0.4, 0.5) is 4.39 Å². The minimum Gasteiger partial charge on any atom is -0.477 e. The van der Waals surface area contributed by atoms with Gasteiger partial charge >= 0.3 is 0 Å². The van der Waals surface area contributed by atoms with Gasteiger partial charge in [0.05, 0.1) is 35.2 Å². The SMILES string of the molecule is CCOc1cc(C2(N)NC(N[C@@H](C)c3ccc(F)cn3)=CC=C2[N+](=O)[O-])[nH]n1. The van der Waals surface area contributed by atoms with Gasteiger partial charge in [-0.2, -0.15) is 0 Å². The number of nitro groups is 1. The van der Waals surface area contributed by atoms with Gasteiger partial charge in [0, 0.05) is 12.1 Å². The number of allylic oxidation sites excluding steroid dienone is 2. The van der Waals surface area contributed by atoms with Crippen molar-refractivity contribution in [2.24, 2.45) is 5.73 Å². The van der Waals surface area contributed by atoms with Crippen molar-refractivity contribution in [3.63, 3.8) is 0 Å². The molecule has 3 heterocycles. The van der Waals surface area contributed by atoms with Crippen molar-refractivity contribution in [3.8, 4) is 5.88 Å². The molecule has 2 atom stereocenters. The first kappa shape index (κ1) is 19.3. The van der Waals surface area contributed by atoms with Crippen molar-refractivity contribution < 1.29 is 14.1 Å². The molecule has 0 aliphatic carbocycles. The summed E-state index contributed by atoms with van der Waals surface area (Å²) in [5, 5.41) is 24.2. The Bertz CT molecular complexity index is 925. The summed E-state index contributed by atoms with van der Waals surface area (Å²) in [5.74, 6) is 0.272. The molecule has 148 valence electrons. The molecule has 11 heteroatoms. The van der Waals surface area contributed by atoms with Crippen LogP contribution in [-0.4, -0.2) is 26.7 Å². The average molecular weight is 389 g/mol. The second kappa shape index (κ2) is 7.64. The number of pyridine rings is 1. The first-order valence-electron chi connectivity index (χ1n) is 8.54. The zero-order valence-electron chi connectivity index (χ0n) is 15.3. The highest BCUT2D eigenvalue weighted by Gasteiger charge is 2.45. The summed E-state index contributed by atoms with van der Waals surface area (Å²) in [6.07, 6.45) is 3.93. The van der Waals surface area contributed by atoms with E-state index in [-0.39, 0.29) is 23.3 Å². The number of dihydropyridines is 1. The van der Waals surface area contributed by atoms with Gasteiger partial charge in [-0.1, -0.05) is 0 Å². The number of rotatable bonds is 7. The fraction of sp³-hybridized carbons (Fsp3) is 0.294. The largest absolute Gasteiger partial charge is 0.477 e. The van der Waals surface area contributed by atoms with Gasteiger partial charge in [-0.15, -0.1) is 5.10 Å². The number of nitrogens with zero attached hydrogens (tertiary/aromatic N) is 3. The Morgan fingerprint density at radius 3 is 2.89 bits per heavy atom. The lowest BCUT2D eigenvalue weighted by Crippen LogP contribution is -2.56. The van der Waals surface area contributed by atoms with Crippen molar-refractivity contribution >= 4 is 0 Å². The first-order chi connectivity index (χ1) is 13.3. The summed E-state index contributed by atoms with van der Waals surface area (Å²) in [4.78, 5) is 15.0. The van der Waals surface area contributed by atoms with E-state index in [4.69, 9.17) is 10.5 Å². The fourth-order valence-corrected chi connectivity index (χ4v) is 2.78. The summed E-state index contributed by atoms with van der Waals surface area (Å²) >= 11 is 0. The monoisotopic (exact) mass is 389 g/mol. The maximum atomic E-state index is 13.1. The number of hydrogen-bond acceptors (Lipinski definition) is 8. The van der Waals surface area contributed by atoms with Crippen LogP contribution < -0.4 is 21.1 Å². The lowest BCUT2D eigenvalue weighted by molar-refractivity contribution is -0.437. The second-order valence-electron chi connectivity index (χ2n) is 6.14. The highest BCUT2D eigenvalue weighted by Crippen LogP contribution is 2.29. The molecule has 0 amide bonds. The van der Waals surface area contributed by atoms with Gasteiger partial charge in [-0.05, 0) is 32.1 Å². The quantitative estimate of drug-likeness (QED) is 0.411. The predicted molar refractivity (Wildman–Crippen MR) is 97.7 cm³/mol. The van der Waals surface area contributed by atoms with Gasteiger partial charge in [0.1, 0.15) is 11.6 Å². The number of aromatic amines is 1. The minimum atomic E-state index is -1.67. The minimum absolute atomic E-state index is 0.263. The van der Waals surface area contributed by atoms with E-state index in [0.29, 0.717) is 18.1 Å². The average Bonchev–Trinajstić information content (AvgIpc) is 3.12. The van der Waals surface area contributed by atoms with Gasteiger partial charge in [0.2, 0.25) is 11.5 Å². The van der Waals surface area contributed by atoms with Gasteiger partial charge in [0.15, 0.2) is 0 Å². The highest BCUT2D eigenvalue weighted by atomic mass is 19.1. The molecule has 1 aliphatic heterocycles. The topological polar surface area (TPSA) is 144 Å². The van der Waals surface area contributed by atoms with Crippen molar-refractivity contribution in [1.82, 2.24) is 25.8 Å². The summed E-state index contributed by atoms with van der Waals surface area (Å²) in [6.45, 7) is 4.00. The van der Waals surface area contributed by atoms with Crippen LogP contribution in [0.1, 0.15) is 31.3 Å². The number of nitrogens with one attached hydrogen (secondary N) is 3. The maximum Gasteiger partial charge on any atom is 0.292 e. The maximum absolute atomic E-state index is 13.1. The predicted octanol–water partition coefficient (Wildman–Crippen LogP) is 1.41. The van der Waals surface area contributed by atoms with E-state index in [2.05, 4.69) is 25.8 Å². The zero-order chi connectivity index (χ0) is 20.3. The Kier molecular flexibility index (Phi) is 5.27. The third-order valence-corrected chi connectivity index (χ3v) is 4.18. The smallest absolute Gasteiger partial charge is 0.292 e. The standard InChI is InChI=1S/C17H20FN7O3/c1-3-28-16-8-13(23-24-16)17(19)14(25(26)27)6-7-15(22-17)21-10(2)12-5-4-11(18)9-20-12/h4-10,21-22H,3,19H2,1-2H3,(H,23,24)/t10-,17?/m0/s1. The summed E-state index contributed by atoms with van der Waals surface area (Å²) in [7, 11) is 0. The van der Waals surface area contributed by atoms with E-state index < -0.39 is 16.4 Å². The molecular formula is C17H20FN7O3. The highest BCUT2D eigenvalue weighted by molar-refractivity contribution is 5.36. The van der Waals surface area contributed by atoms with Crippen LogP contribution in [0.25, 0.3) is 0 Å². The van der Waals surface area contributed by atoms with Gasteiger partial charge in [-0.3, -0.25) is 25.9 Å². The van der Waals surface area contributed by atoms with E-state index in [0.717, 1.165) is 6.20 Å². The third kappa shape index (κ3) is 3.78. The molecule has 1 unspecified atom stereocenters. The molecule has 0 saturated carbocycles. The van der Waals surface area contributed by atoms with Gasteiger partial charge in [0.25, 0.3) is 5.70 Å². The van der Waals surface area contributed by atoms with Gasteiger partial charge in [-0.25, -0.2) is 4.39 Å². The van der Waals surface area contributed by atoms with Crippen LogP contribution in [0, 0.1) is 15.9 Å². The molecule has 0 fully saturated rings.